The summed E-state index contributed by atoms with van der Waals surface area (Å²) in [5, 5.41) is 5.26. The van der Waals surface area contributed by atoms with Crippen LogP contribution in [-0.4, -0.2) is 6.03 Å². The van der Waals surface area contributed by atoms with Gasteiger partial charge in [-0.25, -0.2) is 9.18 Å². The maximum Gasteiger partial charge on any atom is 0.319 e. The second kappa shape index (κ2) is 6.68. The zero-order valence-electron chi connectivity index (χ0n) is 10.1. The van der Waals surface area contributed by atoms with Crippen LogP contribution in [0, 0.1) is 5.82 Å². The first-order chi connectivity index (χ1) is 8.11. The van der Waals surface area contributed by atoms with Crippen LogP contribution >= 0.6 is 0 Å². The predicted octanol–water partition coefficient (Wildman–Crippen LogP) is 2.94. The summed E-state index contributed by atoms with van der Waals surface area (Å²) in [6.45, 7) is 4.26. The van der Waals surface area contributed by atoms with Crippen molar-refractivity contribution < 1.29 is 9.18 Å². The number of hydrogen-bond acceptors (Lipinski definition) is 1. The van der Waals surface area contributed by atoms with Crippen molar-refractivity contribution >= 4 is 6.03 Å². The van der Waals surface area contributed by atoms with E-state index >= 15 is 0 Å². The van der Waals surface area contributed by atoms with E-state index in [1.54, 1.807) is 18.3 Å². The van der Waals surface area contributed by atoms with Gasteiger partial charge in [0.15, 0.2) is 0 Å². The van der Waals surface area contributed by atoms with Gasteiger partial charge in [0.25, 0.3) is 0 Å². The van der Waals surface area contributed by atoms with E-state index in [0.717, 1.165) is 17.6 Å². The molecule has 0 aliphatic carbocycles. The van der Waals surface area contributed by atoms with Gasteiger partial charge in [0.05, 0.1) is 0 Å². The van der Waals surface area contributed by atoms with Crippen molar-refractivity contribution in [2.75, 3.05) is 0 Å². The average Bonchev–Trinajstić information content (AvgIpc) is 2.33. The number of carbonyl (C=O) groups excluding carboxylic acids is 1. The number of allylic oxidation sites excluding steroid dienone is 1. The third-order valence-corrected chi connectivity index (χ3v) is 2.35. The normalized spacial score (nSPS) is 11.1. The van der Waals surface area contributed by atoms with Gasteiger partial charge in [-0.2, -0.15) is 0 Å². The van der Waals surface area contributed by atoms with E-state index in [0.29, 0.717) is 6.54 Å². The highest BCUT2D eigenvalue weighted by Crippen LogP contribution is 2.02. The van der Waals surface area contributed by atoms with Gasteiger partial charge in [-0.3, -0.25) is 0 Å². The van der Waals surface area contributed by atoms with Crippen molar-refractivity contribution in [3.05, 3.63) is 47.4 Å². The molecular weight excluding hydrogens is 219 g/mol. The van der Waals surface area contributed by atoms with Gasteiger partial charge in [-0.1, -0.05) is 24.6 Å². The first-order valence-corrected chi connectivity index (χ1v) is 5.56. The summed E-state index contributed by atoms with van der Waals surface area (Å²) in [5.74, 6) is -0.300. The van der Waals surface area contributed by atoms with Crippen LogP contribution in [0.1, 0.15) is 25.8 Å². The Bertz CT molecular complexity index is 416. The number of urea groups is 1. The summed E-state index contributed by atoms with van der Waals surface area (Å²) in [5.41, 5.74) is 1.82. The molecule has 1 aromatic carbocycles. The van der Waals surface area contributed by atoms with E-state index in [4.69, 9.17) is 0 Å². The molecule has 1 rings (SSSR count). The average molecular weight is 236 g/mol. The van der Waals surface area contributed by atoms with Crippen LogP contribution in [0.5, 0.6) is 0 Å². The van der Waals surface area contributed by atoms with Crippen molar-refractivity contribution in [1.29, 1.82) is 0 Å². The minimum atomic E-state index is -0.300. The quantitative estimate of drug-likeness (QED) is 0.829. The minimum absolute atomic E-state index is 0.290. The van der Waals surface area contributed by atoms with E-state index < -0.39 is 0 Å². The molecule has 92 valence electrons. The first-order valence-electron chi connectivity index (χ1n) is 5.56. The summed E-state index contributed by atoms with van der Waals surface area (Å²) >= 11 is 0. The molecule has 0 aromatic heterocycles. The molecular formula is C13H17FN2O. The van der Waals surface area contributed by atoms with E-state index in [-0.39, 0.29) is 11.8 Å². The van der Waals surface area contributed by atoms with Crippen LogP contribution in [0.3, 0.4) is 0 Å². The van der Waals surface area contributed by atoms with Crippen LogP contribution in [0.25, 0.3) is 0 Å². The third-order valence-electron chi connectivity index (χ3n) is 2.35. The Balaban J connectivity index is 2.38. The first kappa shape index (κ1) is 13.2. The van der Waals surface area contributed by atoms with Crippen LogP contribution in [-0.2, 0) is 6.54 Å². The second-order valence-corrected chi connectivity index (χ2v) is 3.80. The number of halogens is 1. The Morgan fingerprint density at radius 3 is 2.88 bits per heavy atom. The number of rotatable bonds is 4. The molecule has 2 N–H and O–H groups in total. The number of carbonyl (C=O) groups is 1. The van der Waals surface area contributed by atoms with Crippen LogP contribution in [0.2, 0.25) is 0 Å². The van der Waals surface area contributed by atoms with Crippen molar-refractivity contribution in [2.24, 2.45) is 0 Å². The zero-order chi connectivity index (χ0) is 12.7. The molecule has 0 bridgehead atoms. The van der Waals surface area contributed by atoms with E-state index in [9.17, 15) is 9.18 Å². The molecule has 0 unspecified atom stereocenters. The lowest BCUT2D eigenvalue weighted by Crippen LogP contribution is -2.31. The maximum atomic E-state index is 12.9. The molecule has 0 spiro atoms. The molecule has 2 amide bonds. The van der Waals surface area contributed by atoms with E-state index in [1.165, 1.54) is 12.1 Å². The fourth-order valence-electron chi connectivity index (χ4n) is 1.17. The largest absolute Gasteiger partial charge is 0.334 e. The summed E-state index contributed by atoms with van der Waals surface area (Å²) in [6, 6.07) is 5.86. The number of nitrogens with one attached hydrogen (secondary N) is 2. The predicted molar refractivity (Wildman–Crippen MR) is 65.8 cm³/mol. The Labute approximate surface area is 101 Å². The lowest BCUT2D eigenvalue weighted by Gasteiger charge is -2.05. The highest BCUT2D eigenvalue weighted by Gasteiger charge is 1.99. The topological polar surface area (TPSA) is 41.1 Å². The van der Waals surface area contributed by atoms with E-state index in [1.807, 2.05) is 13.8 Å². The van der Waals surface area contributed by atoms with Crippen molar-refractivity contribution in [2.45, 2.75) is 26.8 Å². The van der Waals surface area contributed by atoms with Crippen molar-refractivity contribution in [3.8, 4) is 0 Å². The number of hydrogen-bond donors (Lipinski definition) is 2. The summed E-state index contributed by atoms with van der Waals surface area (Å²) in [6.07, 6.45) is 2.56. The fourth-order valence-corrected chi connectivity index (χ4v) is 1.17. The van der Waals surface area contributed by atoms with Crippen LogP contribution in [0.15, 0.2) is 36.0 Å². The molecule has 0 aliphatic rings. The standard InChI is InChI=1S/C13H17FN2O/c1-3-10(2)8-15-13(17)16-9-11-5-4-6-12(14)7-11/h4-8H,3,9H2,1-2H3,(H2,15,16,17)/b10-8+. The Kier molecular flexibility index (Phi) is 5.20. The van der Waals surface area contributed by atoms with Gasteiger partial charge in [-0.05, 0) is 31.0 Å². The number of amides is 2. The SMILES string of the molecule is CC/C(C)=C/NC(=O)NCc1cccc(F)c1. The van der Waals surface area contributed by atoms with Gasteiger partial charge >= 0.3 is 6.03 Å². The zero-order valence-corrected chi connectivity index (χ0v) is 10.1. The molecule has 0 heterocycles. The molecule has 0 saturated heterocycles. The Morgan fingerprint density at radius 2 is 2.24 bits per heavy atom. The second-order valence-electron chi connectivity index (χ2n) is 3.80. The lowest BCUT2D eigenvalue weighted by molar-refractivity contribution is 0.243. The summed E-state index contributed by atoms with van der Waals surface area (Å²) in [7, 11) is 0. The highest BCUT2D eigenvalue weighted by molar-refractivity contribution is 5.74. The summed E-state index contributed by atoms with van der Waals surface area (Å²) in [4.78, 5) is 11.4. The van der Waals surface area contributed by atoms with Gasteiger partial charge in [-0.15, -0.1) is 0 Å². The molecule has 17 heavy (non-hydrogen) atoms. The molecule has 0 saturated carbocycles. The van der Waals surface area contributed by atoms with Gasteiger partial charge in [0, 0.05) is 12.7 Å². The maximum absolute atomic E-state index is 12.9. The monoisotopic (exact) mass is 236 g/mol. The van der Waals surface area contributed by atoms with Gasteiger partial charge < -0.3 is 10.6 Å². The molecule has 0 atom stereocenters. The molecule has 0 aliphatic heterocycles. The fraction of sp³-hybridized carbons (Fsp3) is 0.308. The molecule has 0 radical (unpaired) electrons. The third kappa shape index (κ3) is 5.15. The lowest BCUT2D eigenvalue weighted by atomic mass is 10.2. The molecule has 1 aromatic rings. The summed E-state index contributed by atoms with van der Waals surface area (Å²) < 4.78 is 12.9. The highest BCUT2D eigenvalue weighted by atomic mass is 19.1. The number of benzene rings is 1. The van der Waals surface area contributed by atoms with Crippen molar-refractivity contribution in [1.82, 2.24) is 10.6 Å². The van der Waals surface area contributed by atoms with Gasteiger partial charge in [0.2, 0.25) is 0 Å². The van der Waals surface area contributed by atoms with E-state index in [2.05, 4.69) is 10.6 Å². The molecule has 4 heteroatoms. The van der Waals surface area contributed by atoms with Crippen LogP contribution < -0.4 is 10.6 Å². The van der Waals surface area contributed by atoms with Crippen molar-refractivity contribution in [3.63, 3.8) is 0 Å². The smallest absolute Gasteiger partial charge is 0.319 e. The Morgan fingerprint density at radius 1 is 1.47 bits per heavy atom. The Hall–Kier alpha value is -1.84. The van der Waals surface area contributed by atoms with Crippen LogP contribution in [0.4, 0.5) is 9.18 Å². The molecule has 0 fully saturated rings. The van der Waals surface area contributed by atoms with Gasteiger partial charge in [0.1, 0.15) is 5.82 Å². The minimum Gasteiger partial charge on any atom is -0.334 e. The molecule has 3 nitrogen and oxygen atoms in total.